The van der Waals surface area contributed by atoms with E-state index in [4.69, 9.17) is 4.74 Å². The molecule has 0 aromatic heterocycles. The Balaban J connectivity index is 3.04. The average Bonchev–Trinajstić information content (AvgIpc) is 2.30. The second-order valence-corrected chi connectivity index (χ2v) is 8.16. The zero-order valence-electron chi connectivity index (χ0n) is 12.8. The molecule has 1 aliphatic rings. The van der Waals surface area contributed by atoms with Gasteiger partial charge in [-0.05, 0) is 48.0 Å². The summed E-state index contributed by atoms with van der Waals surface area (Å²) in [5.74, 6) is -0.271. The van der Waals surface area contributed by atoms with Crippen LogP contribution in [0.3, 0.4) is 0 Å². The van der Waals surface area contributed by atoms with Gasteiger partial charge in [-0.1, -0.05) is 11.1 Å². The molecule has 0 saturated carbocycles. The summed E-state index contributed by atoms with van der Waals surface area (Å²) in [6.07, 6.45) is 0.604. The molecule has 0 unspecified atom stereocenters. The van der Waals surface area contributed by atoms with Gasteiger partial charge in [0.1, 0.15) is 17.0 Å². The molecule has 0 amide bonds. The molecule has 0 aromatic rings. The molecule has 1 aliphatic heterocycles. The highest BCUT2D eigenvalue weighted by molar-refractivity contribution is 7.84. The quantitative estimate of drug-likeness (QED) is 0.591. The van der Waals surface area contributed by atoms with Gasteiger partial charge in [0.2, 0.25) is 0 Å². The lowest BCUT2D eigenvalue weighted by Gasteiger charge is -2.37. The molecule has 0 saturated heterocycles. The maximum Gasteiger partial charge on any atom is 0.324 e. The minimum Gasteiger partial charge on any atom is -0.465 e. The topological polar surface area (TPSA) is 46.6 Å². The van der Waals surface area contributed by atoms with E-state index in [0.29, 0.717) is 19.6 Å². The first kappa shape index (κ1) is 16.4. The summed E-state index contributed by atoms with van der Waals surface area (Å²) >= 11 is 0. The summed E-state index contributed by atoms with van der Waals surface area (Å²) in [7, 11) is -1.22. The zero-order chi connectivity index (χ0) is 14.8. The van der Waals surface area contributed by atoms with Crippen LogP contribution in [0.1, 0.15) is 48.0 Å². The Bertz CT molecular complexity index is 409. The normalized spacial score (nSPS) is 23.4. The molecular formula is C14H25NO3S. The zero-order valence-corrected chi connectivity index (χ0v) is 13.6. The van der Waals surface area contributed by atoms with Gasteiger partial charge in [-0.15, -0.1) is 0 Å². The molecule has 19 heavy (non-hydrogen) atoms. The van der Waals surface area contributed by atoms with Crippen molar-refractivity contribution in [2.75, 3.05) is 13.2 Å². The molecule has 0 aromatic carbocycles. The van der Waals surface area contributed by atoms with Gasteiger partial charge < -0.3 is 4.74 Å². The molecule has 4 nitrogen and oxygen atoms in total. The monoisotopic (exact) mass is 287 g/mol. The third kappa shape index (κ3) is 3.89. The lowest BCUT2D eigenvalue weighted by atomic mass is 9.98. The second kappa shape index (κ2) is 6.18. The molecule has 5 heteroatoms. The molecule has 0 aliphatic carbocycles. The predicted octanol–water partition coefficient (Wildman–Crippen LogP) is 2.42. The van der Waals surface area contributed by atoms with Crippen LogP contribution in [0.2, 0.25) is 0 Å². The number of carbonyl (C=O) groups is 1. The van der Waals surface area contributed by atoms with Crippen LogP contribution < -0.4 is 0 Å². The van der Waals surface area contributed by atoms with Gasteiger partial charge in [0, 0.05) is 6.54 Å². The summed E-state index contributed by atoms with van der Waals surface area (Å²) in [5, 5.41) is 0. The molecule has 0 fully saturated rings. The fraction of sp³-hybridized carbons (Fsp3) is 0.786. The summed E-state index contributed by atoms with van der Waals surface area (Å²) in [5.41, 5.74) is 2.39. The Morgan fingerprint density at radius 3 is 2.42 bits per heavy atom. The number of carbonyl (C=O) groups excluding carboxylic acids is 1. The van der Waals surface area contributed by atoms with Gasteiger partial charge in [0.25, 0.3) is 0 Å². The highest BCUT2D eigenvalue weighted by Crippen LogP contribution is 2.28. The van der Waals surface area contributed by atoms with Crippen LogP contribution in [-0.4, -0.2) is 38.4 Å². The Morgan fingerprint density at radius 1 is 1.37 bits per heavy atom. The van der Waals surface area contributed by atoms with Crippen LogP contribution in [0, 0.1) is 0 Å². The first-order valence-electron chi connectivity index (χ1n) is 6.69. The Hall–Kier alpha value is -0.680. The fourth-order valence-electron chi connectivity index (χ4n) is 2.01. The molecule has 110 valence electrons. The van der Waals surface area contributed by atoms with E-state index in [9.17, 15) is 9.00 Å². The smallest absolute Gasteiger partial charge is 0.324 e. The van der Waals surface area contributed by atoms with Crippen molar-refractivity contribution in [3.63, 3.8) is 0 Å². The minimum absolute atomic E-state index is 0.271. The fourth-order valence-corrected chi connectivity index (χ4v) is 3.42. The number of rotatable bonds is 3. The largest absolute Gasteiger partial charge is 0.465 e. The van der Waals surface area contributed by atoms with E-state index in [2.05, 4.69) is 0 Å². The van der Waals surface area contributed by atoms with Crippen molar-refractivity contribution in [1.82, 2.24) is 4.31 Å². The van der Waals surface area contributed by atoms with Crippen molar-refractivity contribution in [3.8, 4) is 0 Å². The van der Waals surface area contributed by atoms with E-state index >= 15 is 0 Å². The van der Waals surface area contributed by atoms with Crippen LogP contribution in [0.4, 0.5) is 0 Å². The van der Waals surface area contributed by atoms with Gasteiger partial charge in [-0.25, -0.2) is 8.51 Å². The van der Waals surface area contributed by atoms with E-state index in [1.165, 1.54) is 11.1 Å². The number of esters is 1. The molecule has 0 radical (unpaired) electrons. The lowest BCUT2D eigenvalue weighted by molar-refractivity contribution is -0.147. The van der Waals surface area contributed by atoms with Crippen molar-refractivity contribution in [3.05, 3.63) is 11.1 Å². The van der Waals surface area contributed by atoms with E-state index in [1.54, 1.807) is 11.2 Å². The van der Waals surface area contributed by atoms with Crippen molar-refractivity contribution in [2.45, 2.75) is 58.8 Å². The Kier molecular flexibility index (Phi) is 5.33. The van der Waals surface area contributed by atoms with Gasteiger partial charge >= 0.3 is 5.97 Å². The van der Waals surface area contributed by atoms with E-state index < -0.39 is 17.0 Å². The number of hydrogen-bond donors (Lipinski definition) is 0. The minimum atomic E-state index is -1.22. The molecule has 0 N–H and O–H groups in total. The number of hydrogen-bond acceptors (Lipinski definition) is 3. The van der Waals surface area contributed by atoms with Crippen LogP contribution in [0.15, 0.2) is 11.1 Å². The first-order valence-corrected chi connectivity index (χ1v) is 7.79. The summed E-state index contributed by atoms with van der Waals surface area (Å²) in [6.45, 7) is 12.5. The standard InChI is InChI=1S/C14H25NO3S/c1-7-18-13(16)12-8-10(2)11(3)9-15(12)19(17)14(4,5)6/h12H,7-9H2,1-6H3/t12-,19-/m0/s1. The van der Waals surface area contributed by atoms with Crippen molar-refractivity contribution in [2.24, 2.45) is 0 Å². The number of nitrogens with zero attached hydrogens (tertiary/aromatic N) is 1. The molecule has 1 rings (SSSR count). The first-order chi connectivity index (χ1) is 8.68. The van der Waals surface area contributed by atoms with Crippen molar-refractivity contribution in [1.29, 1.82) is 0 Å². The highest BCUT2D eigenvalue weighted by Gasteiger charge is 2.38. The van der Waals surface area contributed by atoms with Crippen LogP contribution in [0.5, 0.6) is 0 Å². The van der Waals surface area contributed by atoms with Gasteiger partial charge in [-0.2, -0.15) is 0 Å². The SMILES string of the molecule is CCOC(=O)[C@@H]1CC(C)=C(C)CN1[S@@](=O)C(C)(C)C. The maximum atomic E-state index is 12.6. The lowest BCUT2D eigenvalue weighted by Crippen LogP contribution is -2.50. The van der Waals surface area contributed by atoms with Gasteiger partial charge in [-0.3, -0.25) is 4.79 Å². The molecule has 0 spiro atoms. The molecule has 2 atom stereocenters. The molecule has 1 heterocycles. The van der Waals surface area contributed by atoms with E-state index in [-0.39, 0.29) is 10.7 Å². The average molecular weight is 287 g/mol. The van der Waals surface area contributed by atoms with Crippen LogP contribution >= 0.6 is 0 Å². The highest BCUT2D eigenvalue weighted by atomic mass is 32.2. The molecule has 0 bridgehead atoms. The van der Waals surface area contributed by atoms with E-state index in [1.807, 2.05) is 34.6 Å². The second-order valence-electron chi connectivity index (χ2n) is 5.97. The third-order valence-electron chi connectivity index (χ3n) is 3.26. The third-order valence-corrected chi connectivity index (χ3v) is 5.12. The predicted molar refractivity (Wildman–Crippen MR) is 78.0 cm³/mol. The van der Waals surface area contributed by atoms with Crippen LogP contribution in [-0.2, 0) is 20.5 Å². The summed E-state index contributed by atoms with van der Waals surface area (Å²) in [4.78, 5) is 12.1. The summed E-state index contributed by atoms with van der Waals surface area (Å²) in [6, 6.07) is -0.427. The number of ether oxygens (including phenoxy) is 1. The van der Waals surface area contributed by atoms with E-state index in [0.717, 1.165) is 0 Å². The molecular weight excluding hydrogens is 262 g/mol. The van der Waals surface area contributed by atoms with Crippen LogP contribution in [0.25, 0.3) is 0 Å². The summed E-state index contributed by atoms with van der Waals surface area (Å²) < 4.78 is 19.1. The van der Waals surface area contributed by atoms with Gasteiger partial charge in [0.15, 0.2) is 0 Å². The maximum absolute atomic E-state index is 12.6. The van der Waals surface area contributed by atoms with Gasteiger partial charge in [0.05, 0.1) is 11.4 Å². The van der Waals surface area contributed by atoms with Crippen molar-refractivity contribution < 1.29 is 13.7 Å². The Labute approximate surface area is 118 Å². The van der Waals surface area contributed by atoms with Crippen molar-refractivity contribution >= 4 is 17.0 Å². The Morgan fingerprint density at radius 2 is 1.95 bits per heavy atom.